The molecule has 0 saturated carbocycles. The lowest BCUT2D eigenvalue weighted by molar-refractivity contribution is -0.0715. The average Bonchev–Trinajstić information content (AvgIpc) is 3.80. The number of aromatic nitrogens is 5. The molecule has 7 aromatic rings. The summed E-state index contributed by atoms with van der Waals surface area (Å²) in [4.78, 5) is 22.3. The standard InChI is InChI=1S/C40H30ClF3N6O4/c1-20-27-12-22(15-31(44)37(27)49-48-20)39(51)46-24-7-8-33-32(16-24)47-36(50(33)19-25-10-11-52-25)17-28-29(42)13-21(14-30(28)43)26-4-3-5-34-38(26)54-40(2,53-34)35-9-6-23(41)18-45-35/h3-9,12-16,18,25H,10-11,17,19H2,1-2H3,(H,46,51)(H,48,49)/t25?,40-/m1/s1. The molecule has 0 bridgehead atoms. The van der Waals surface area contributed by atoms with Crippen LogP contribution in [0, 0.1) is 24.4 Å². The van der Waals surface area contributed by atoms with Gasteiger partial charge in [0.1, 0.15) is 28.7 Å². The van der Waals surface area contributed by atoms with E-state index in [-0.39, 0.29) is 34.7 Å². The highest BCUT2D eigenvalue weighted by molar-refractivity contribution is 6.30. The number of hydrogen-bond donors (Lipinski definition) is 2. The molecule has 1 saturated heterocycles. The van der Waals surface area contributed by atoms with E-state index >= 15 is 8.78 Å². The fourth-order valence-corrected chi connectivity index (χ4v) is 7.06. The van der Waals surface area contributed by atoms with Crippen LogP contribution in [0.4, 0.5) is 18.9 Å². The zero-order chi connectivity index (χ0) is 37.3. The fraction of sp³-hybridized carbons (Fsp3) is 0.200. The number of aryl methyl sites for hydroxylation is 1. The van der Waals surface area contributed by atoms with Crippen molar-refractivity contribution in [3.63, 3.8) is 0 Å². The number of benzene rings is 4. The molecule has 0 aliphatic carbocycles. The molecule has 2 aliphatic rings. The van der Waals surface area contributed by atoms with Crippen LogP contribution in [-0.4, -0.2) is 43.4 Å². The fourth-order valence-electron chi connectivity index (χ4n) is 6.95. The number of H-pyrrole nitrogens is 1. The molecular formula is C40H30ClF3N6O4. The number of nitrogens with one attached hydrogen (secondary N) is 2. The molecule has 0 radical (unpaired) electrons. The van der Waals surface area contributed by atoms with Gasteiger partial charge in [0.2, 0.25) is 0 Å². The number of hydrogen-bond acceptors (Lipinski definition) is 7. The Bertz CT molecular complexity index is 2620. The number of nitrogens with zero attached hydrogens (tertiary/aromatic N) is 4. The Morgan fingerprint density at radius 1 is 1.04 bits per heavy atom. The molecule has 3 aromatic heterocycles. The maximum Gasteiger partial charge on any atom is 0.292 e. The quantitative estimate of drug-likeness (QED) is 0.160. The number of rotatable bonds is 8. The van der Waals surface area contributed by atoms with Crippen LogP contribution in [0.3, 0.4) is 0 Å². The molecule has 1 fully saturated rings. The van der Waals surface area contributed by atoms with E-state index in [0.717, 1.165) is 12.5 Å². The molecule has 9 rings (SSSR count). The highest BCUT2D eigenvalue weighted by Crippen LogP contribution is 2.49. The summed E-state index contributed by atoms with van der Waals surface area (Å²) >= 11 is 6.02. The van der Waals surface area contributed by atoms with Gasteiger partial charge in [-0.2, -0.15) is 5.10 Å². The first-order valence-corrected chi connectivity index (χ1v) is 17.6. The van der Waals surface area contributed by atoms with Crippen LogP contribution in [0.25, 0.3) is 33.1 Å². The van der Waals surface area contributed by atoms with Crippen molar-refractivity contribution >= 4 is 45.1 Å². The second kappa shape index (κ2) is 12.9. The Labute approximate surface area is 310 Å². The number of imidazole rings is 1. The van der Waals surface area contributed by atoms with Crippen molar-refractivity contribution in [1.29, 1.82) is 0 Å². The van der Waals surface area contributed by atoms with E-state index in [1.807, 2.05) is 4.57 Å². The third kappa shape index (κ3) is 5.89. The van der Waals surface area contributed by atoms with Gasteiger partial charge in [-0.15, -0.1) is 0 Å². The van der Waals surface area contributed by atoms with Crippen LogP contribution in [0.5, 0.6) is 11.5 Å². The number of halogens is 4. The summed E-state index contributed by atoms with van der Waals surface area (Å²) in [5, 5.41) is 10.5. The summed E-state index contributed by atoms with van der Waals surface area (Å²) in [5.41, 5.74) is 3.56. The van der Waals surface area contributed by atoms with Crippen molar-refractivity contribution in [2.24, 2.45) is 0 Å². The van der Waals surface area contributed by atoms with E-state index in [0.29, 0.717) is 74.6 Å². The maximum atomic E-state index is 16.0. The molecule has 2 atom stereocenters. The lowest BCUT2D eigenvalue weighted by atomic mass is 10.00. The summed E-state index contributed by atoms with van der Waals surface area (Å²) in [5.74, 6) is -2.78. The highest BCUT2D eigenvalue weighted by atomic mass is 35.5. The lowest BCUT2D eigenvalue weighted by Crippen LogP contribution is -2.32. The van der Waals surface area contributed by atoms with Gasteiger partial charge in [0.15, 0.2) is 17.3 Å². The molecule has 0 spiro atoms. The number of pyridine rings is 1. The molecule has 1 amide bonds. The van der Waals surface area contributed by atoms with Crippen LogP contribution in [-0.2, 0) is 23.5 Å². The van der Waals surface area contributed by atoms with Crippen molar-refractivity contribution < 1.29 is 32.2 Å². The normalized spacial score (nSPS) is 17.6. The van der Waals surface area contributed by atoms with Crippen molar-refractivity contribution in [2.75, 3.05) is 11.9 Å². The summed E-state index contributed by atoms with van der Waals surface area (Å²) in [6, 6.07) is 18.9. The SMILES string of the molecule is Cc1[nH]nc2c(F)cc(C(=O)Nc3ccc4c(c3)nc(Cc3c(F)cc(-c5cccc6c5O[C@](C)(c5ccc(Cl)cn5)O6)cc3F)n4CC3CCO3)cc12. The van der Waals surface area contributed by atoms with Gasteiger partial charge in [0, 0.05) is 59.6 Å². The predicted octanol–water partition coefficient (Wildman–Crippen LogP) is 8.63. The Kier molecular flexibility index (Phi) is 8.09. The topological polar surface area (TPSA) is 116 Å². The van der Waals surface area contributed by atoms with E-state index in [1.54, 1.807) is 68.4 Å². The summed E-state index contributed by atoms with van der Waals surface area (Å²) in [6.07, 6.45) is 2.09. The molecule has 272 valence electrons. The second-order valence-electron chi connectivity index (χ2n) is 13.5. The number of fused-ring (bicyclic) bond motifs is 3. The number of carbonyl (C=O) groups excluding carboxylic acids is 1. The van der Waals surface area contributed by atoms with Crippen molar-refractivity contribution in [2.45, 2.75) is 45.1 Å². The van der Waals surface area contributed by atoms with Crippen molar-refractivity contribution in [1.82, 2.24) is 24.7 Å². The molecule has 5 heterocycles. The Balaban J connectivity index is 1.01. The van der Waals surface area contributed by atoms with Gasteiger partial charge >= 0.3 is 0 Å². The maximum absolute atomic E-state index is 16.0. The third-order valence-electron chi connectivity index (χ3n) is 9.89. The van der Waals surface area contributed by atoms with Gasteiger partial charge in [-0.3, -0.25) is 14.9 Å². The van der Waals surface area contributed by atoms with E-state index in [2.05, 4.69) is 20.5 Å². The van der Waals surface area contributed by atoms with E-state index < -0.39 is 29.1 Å². The number of para-hydroxylation sites is 1. The molecule has 54 heavy (non-hydrogen) atoms. The minimum absolute atomic E-state index is 0.0788. The lowest BCUT2D eigenvalue weighted by Gasteiger charge is -2.27. The number of carbonyl (C=O) groups is 1. The smallest absolute Gasteiger partial charge is 0.292 e. The van der Waals surface area contributed by atoms with Crippen LogP contribution in [0.1, 0.15) is 46.5 Å². The first kappa shape index (κ1) is 33.9. The van der Waals surface area contributed by atoms with Gasteiger partial charge in [-0.25, -0.2) is 18.2 Å². The Hall–Kier alpha value is -5.92. The minimum Gasteiger partial charge on any atom is -0.443 e. The minimum atomic E-state index is -1.28. The zero-order valence-electron chi connectivity index (χ0n) is 28.8. The van der Waals surface area contributed by atoms with Crippen LogP contribution < -0.4 is 14.8 Å². The second-order valence-corrected chi connectivity index (χ2v) is 14.0. The zero-order valence-corrected chi connectivity index (χ0v) is 29.6. The van der Waals surface area contributed by atoms with Crippen LogP contribution in [0.2, 0.25) is 5.02 Å². The number of ether oxygens (including phenoxy) is 3. The Morgan fingerprint density at radius 2 is 1.85 bits per heavy atom. The van der Waals surface area contributed by atoms with E-state index in [4.69, 9.17) is 30.8 Å². The Morgan fingerprint density at radius 3 is 2.59 bits per heavy atom. The number of anilines is 1. The van der Waals surface area contributed by atoms with Gasteiger partial charge in [-0.05, 0) is 79.6 Å². The van der Waals surface area contributed by atoms with Crippen molar-refractivity contribution in [3.05, 3.63) is 130 Å². The highest BCUT2D eigenvalue weighted by Gasteiger charge is 2.41. The first-order chi connectivity index (χ1) is 26.0. The largest absolute Gasteiger partial charge is 0.443 e. The molecule has 4 aromatic carbocycles. The van der Waals surface area contributed by atoms with Gasteiger partial charge in [0.05, 0.1) is 28.7 Å². The third-order valence-corrected chi connectivity index (χ3v) is 10.1. The molecule has 1 unspecified atom stereocenters. The number of aromatic amines is 1. The van der Waals surface area contributed by atoms with Crippen LogP contribution in [0.15, 0.2) is 79.0 Å². The molecule has 14 heteroatoms. The number of amides is 1. The summed E-state index contributed by atoms with van der Waals surface area (Å²) < 4.78 is 66.7. The first-order valence-electron chi connectivity index (χ1n) is 17.2. The van der Waals surface area contributed by atoms with Gasteiger partial charge in [-0.1, -0.05) is 23.7 Å². The molecule has 2 N–H and O–H groups in total. The monoisotopic (exact) mass is 750 g/mol. The molecule has 10 nitrogen and oxygen atoms in total. The summed E-state index contributed by atoms with van der Waals surface area (Å²) in [6.45, 7) is 4.51. The van der Waals surface area contributed by atoms with E-state index in [1.165, 1.54) is 18.3 Å². The summed E-state index contributed by atoms with van der Waals surface area (Å²) in [7, 11) is 0. The van der Waals surface area contributed by atoms with Crippen LogP contribution >= 0.6 is 11.6 Å². The average molecular weight is 751 g/mol. The molecule has 2 aliphatic heterocycles. The predicted molar refractivity (Wildman–Crippen MR) is 195 cm³/mol. The van der Waals surface area contributed by atoms with Gasteiger partial charge in [0.25, 0.3) is 11.7 Å². The van der Waals surface area contributed by atoms with E-state index in [9.17, 15) is 9.18 Å². The van der Waals surface area contributed by atoms with Crippen molar-refractivity contribution in [3.8, 4) is 22.6 Å². The molecular weight excluding hydrogens is 721 g/mol. The van der Waals surface area contributed by atoms with Gasteiger partial charge < -0.3 is 24.1 Å².